The molecule has 0 bridgehead atoms. The van der Waals surface area contributed by atoms with E-state index in [0.717, 1.165) is 0 Å². The second-order valence-electron chi connectivity index (χ2n) is 4.65. The lowest BCUT2D eigenvalue weighted by Gasteiger charge is -2.30. The fourth-order valence-corrected chi connectivity index (χ4v) is 1.91. The van der Waals surface area contributed by atoms with Gasteiger partial charge in [-0.2, -0.15) is 0 Å². The van der Waals surface area contributed by atoms with Gasteiger partial charge in [0, 0.05) is 6.07 Å². The number of hydrogen-bond acceptors (Lipinski definition) is 5. The van der Waals surface area contributed by atoms with E-state index in [1.54, 1.807) is 12.1 Å². The third-order valence-electron chi connectivity index (χ3n) is 3.54. The monoisotopic (exact) mass is 278 g/mol. The number of amides is 1. The first-order valence-electron chi connectivity index (χ1n) is 6.58. The van der Waals surface area contributed by atoms with Gasteiger partial charge < -0.3 is 19.4 Å². The van der Waals surface area contributed by atoms with Gasteiger partial charge in [0.25, 0.3) is 5.91 Å². The van der Waals surface area contributed by atoms with E-state index >= 15 is 0 Å². The molecule has 0 aliphatic carbocycles. The van der Waals surface area contributed by atoms with E-state index in [4.69, 9.17) is 8.94 Å². The van der Waals surface area contributed by atoms with Crippen LogP contribution in [0.3, 0.4) is 0 Å². The van der Waals surface area contributed by atoms with Gasteiger partial charge in [0.05, 0.1) is 18.4 Å². The smallest absolute Gasteiger partial charge is 0.273 e. The number of rotatable bonds is 6. The van der Waals surface area contributed by atoms with Crippen LogP contribution >= 0.6 is 0 Å². The fourth-order valence-electron chi connectivity index (χ4n) is 1.91. The molecule has 0 saturated carbocycles. The molecule has 0 atom stereocenters. The van der Waals surface area contributed by atoms with Gasteiger partial charge in [0.1, 0.15) is 0 Å². The molecule has 6 heteroatoms. The van der Waals surface area contributed by atoms with Crippen LogP contribution in [0.25, 0.3) is 11.5 Å². The first-order valence-corrected chi connectivity index (χ1v) is 6.58. The predicted octanol–water partition coefficient (Wildman–Crippen LogP) is 2.22. The van der Waals surface area contributed by atoms with Crippen LogP contribution in [0.2, 0.25) is 0 Å². The largest absolute Gasteiger partial charge is 0.461 e. The number of carbonyl (C=O) groups is 1. The van der Waals surface area contributed by atoms with Gasteiger partial charge in [-0.25, -0.2) is 0 Å². The van der Waals surface area contributed by atoms with Gasteiger partial charge in [-0.05, 0) is 25.0 Å². The third-order valence-corrected chi connectivity index (χ3v) is 3.54. The zero-order valence-corrected chi connectivity index (χ0v) is 11.5. The molecule has 6 nitrogen and oxygen atoms in total. The summed E-state index contributed by atoms with van der Waals surface area (Å²) in [6, 6.07) is 4.96. The van der Waals surface area contributed by atoms with Crippen molar-refractivity contribution in [2.75, 3.05) is 6.61 Å². The SMILES string of the molecule is CCC(CC)(CO)NC(=O)c1cc(-c2ccco2)on1. The molecule has 20 heavy (non-hydrogen) atoms. The molecule has 0 saturated heterocycles. The zero-order chi connectivity index (χ0) is 14.6. The van der Waals surface area contributed by atoms with Crippen molar-refractivity contribution in [2.45, 2.75) is 32.2 Å². The van der Waals surface area contributed by atoms with Gasteiger partial charge in [0.2, 0.25) is 5.76 Å². The van der Waals surface area contributed by atoms with Gasteiger partial charge in [-0.3, -0.25) is 4.79 Å². The van der Waals surface area contributed by atoms with Crippen LogP contribution in [-0.2, 0) is 0 Å². The summed E-state index contributed by atoms with van der Waals surface area (Å²) in [6.45, 7) is 3.71. The van der Waals surface area contributed by atoms with Gasteiger partial charge in [0.15, 0.2) is 11.5 Å². The van der Waals surface area contributed by atoms with E-state index in [0.29, 0.717) is 24.4 Å². The maximum absolute atomic E-state index is 12.1. The Morgan fingerprint density at radius 3 is 2.70 bits per heavy atom. The highest BCUT2D eigenvalue weighted by atomic mass is 16.5. The molecule has 2 heterocycles. The minimum atomic E-state index is -0.624. The Morgan fingerprint density at radius 1 is 1.40 bits per heavy atom. The molecule has 0 radical (unpaired) electrons. The number of aliphatic hydroxyl groups is 1. The van der Waals surface area contributed by atoms with Crippen LogP contribution in [0, 0.1) is 0 Å². The number of nitrogens with zero attached hydrogens (tertiary/aromatic N) is 1. The molecule has 108 valence electrons. The molecule has 2 aromatic rings. The first-order chi connectivity index (χ1) is 9.64. The van der Waals surface area contributed by atoms with Crippen LogP contribution in [0.15, 0.2) is 33.4 Å². The Bertz CT molecular complexity index is 547. The number of carbonyl (C=O) groups excluding carboxylic acids is 1. The lowest BCUT2D eigenvalue weighted by atomic mass is 9.93. The Morgan fingerprint density at radius 2 is 2.15 bits per heavy atom. The molecule has 2 aromatic heterocycles. The molecule has 2 N–H and O–H groups in total. The lowest BCUT2D eigenvalue weighted by molar-refractivity contribution is 0.0809. The van der Waals surface area contributed by atoms with Crippen LogP contribution in [0.5, 0.6) is 0 Å². The molecule has 0 aliphatic heterocycles. The predicted molar refractivity (Wildman–Crippen MR) is 72.1 cm³/mol. The van der Waals surface area contributed by atoms with Crippen molar-refractivity contribution < 1.29 is 18.8 Å². The van der Waals surface area contributed by atoms with Crippen molar-refractivity contribution in [1.29, 1.82) is 0 Å². The summed E-state index contributed by atoms with van der Waals surface area (Å²) in [6.07, 6.45) is 2.78. The average molecular weight is 278 g/mol. The van der Waals surface area contributed by atoms with Gasteiger partial charge >= 0.3 is 0 Å². The third kappa shape index (κ3) is 2.75. The van der Waals surface area contributed by atoms with E-state index in [-0.39, 0.29) is 18.2 Å². The van der Waals surface area contributed by atoms with Gasteiger partial charge in [-0.15, -0.1) is 0 Å². The standard InChI is InChI=1S/C14H18N2O4/c1-3-14(4-2,9-17)15-13(18)10-8-12(20-16-10)11-6-5-7-19-11/h5-8,17H,3-4,9H2,1-2H3,(H,15,18). The Kier molecular flexibility index (Phi) is 4.24. The normalized spacial score (nSPS) is 11.6. The van der Waals surface area contributed by atoms with Crippen molar-refractivity contribution in [3.63, 3.8) is 0 Å². The Hall–Kier alpha value is -2.08. The van der Waals surface area contributed by atoms with Crippen molar-refractivity contribution >= 4 is 5.91 Å². The molecule has 0 aliphatic rings. The maximum atomic E-state index is 12.1. The Balaban J connectivity index is 2.14. The second kappa shape index (κ2) is 5.92. The highest BCUT2D eigenvalue weighted by Crippen LogP contribution is 2.21. The van der Waals surface area contributed by atoms with Crippen LogP contribution in [0.1, 0.15) is 37.2 Å². The molecule has 0 unspecified atom stereocenters. The van der Waals surface area contributed by atoms with E-state index in [1.807, 2.05) is 13.8 Å². The maximum Gasteiger partial charge on any atom is 0.273 e. The van der Waals surface area contributed by atoms with Crippen LogP contribution < -0.4 is 5.32 Å². The number of aromatic nitrogens is 1. The molecule has 0 spiro atoms. The molecule has 0 fully saturated rings. The van der Waals surface area contributed by atoms with Crippen molar-refractivity contribution in [1.82, 2.24) is 10.5 Å². The van der Waals surface area contributed by atoms with E-state index in [9.17, 15) is 9.90 Å². The molecule has 2 rings (SSSR count). The summed E-state index contributed by atoms with van der Waals surface area (Å²) >= 11 is 0. The minimum Gasteiger partial charge on any atom is -0.461 e. The highest BCUT2D eigenvalue weighted by Gasteiger charge is 2.29. The molecular weight excluding hydrogens is 260 g/mol. The minimum absolute atomic E-state index is 0.116. The summed E-state index contributed by atoms with van der Waals surface area (Å²) in [5.74, 6) is 0.531. The second-order valence-corrected chi connectivity index (χ2v) is 4.65. The summed E-state index contributed by atoms with van der Waals surface area (Å²) < 4.78 is 10.3. The van der Waals surface area contributed by atoms with Crippen LogP contribution in [0.4, 0.5) is 0 Å². The quantitative estimate of drug-likeness (QED) is 0.845. The number of furan rings is 1. The molecule has 0 aromatic carbocycles. The lowest BCUT2D eigenvalue weighted by Crippen LogP contribution is -2.50. The summed E-state index contributed by atoms with van der Waals surface area (Å²) in [7, 11) is 0. The summed E-state index contributed by atoms with van der Waals surface area (Å²) in [5, 5.41) is 16.0. The first kappa shape index (κ1) is 14.3. The van der Waals surface area contributed by atoms with Crippen molar-refractivity contribution in [3.05, 3.63) is 30.2 Å². The molecular formula is C14H18N2O4. The van der Waals surface area contributed by atoms with Gasteiger partial charge in [-0.1, -0.05) is 19.0 Å². The van der Waals surface area contributed by atoms with Crippen molar-refractivity contribution in [3.8, 4) is 11.5 Å². The topological polar surface area (TPSA) is 88.5 Å². The number of aliphatic hydroxyl groups excluding tert-OH is 1. The highest BCUT2D eigenvalue weighted by molar-refractivity contribution is 5.93. The van der Waals surface area contributed by atoms with E-state index in [2.05, 4.69) is 10.5 Å². The average Bonchev–Trinajstić information content (AvgIpc) is 3.14. The van der Waals surface area contributed by atoms with E-state index < -0.39 is 5.54 Å². The Labute approximate surface area is 116 Å². The summed E-state index contributed by atoms with van der Waals surface area (Å²) in [5.41, 5.74) is -0.461. The fraction of sp³-hybridized carbons (Fsp3) is 0.429. The summed E-state index contributed by atoms with van der Waals surface area (Å²) in [4.78, 5) is 12.1. The zero-order valence-electron chi connectivity index (χ0n) is 11.5. The van der Waals surface area contributed by atoms with E-state index in [1.165, 1.54) is 12.3 Å². The molecule has 1 amide bonds. The number of hydrogen-bond donors (Lipinski definition) is 2. The van der Waals surface area contributed by atoms with Crippen LogP contribution in [-0.4, -0.2) is 28.3 Å². The van der Waals surface area contributed by atoms with Crippen molar-refractivity contribution in [2.24, 2.45) is 0 Å². The number of nitrogens with one attached hydrogen (secondary N) is 1.